The van der Waals surface area contributed by atoms with E-state index in [4.69, 9.17) is 0 Å². The molecule has 1 aromatic rings. The van der Waals surface area contributed by atoms with E-state index in [2.05, 4.69) is 24.1 Å². The molecule has 2 aliphatic heterocycles. The number of hydrogen-bond donors (Lipinski definition) is 1. The molecule has 2 heterocycles. The van der Waals surface area contributed by atoms with Crippen molar-refractivity contribution in [3.8, 4) is 0 Å². The Hall–Kier alpha value is -1.88. The second kappa shape index (κ2) is 7.39. The largest absolute Gasteiger partial charge is 0.481 e. The summed E-state index contributed by atoms with van der Waals surface area (Å²) in [6.45, 7) is 4.68. The van der Waals surface area contributed by atoms with E-state index < -0.39 is 16.8 Å². The summed E-state index contributed by atoms with van der Waals surface area (Å²) in [5.74, 6) is -0.648. The molecule has 26 heavy (non-hydrogen) atoms. The summed E-state index contributed by atoms with van der Waals surface area (Å²) in [7, 11) is 2.09. The third-order valence-corrected chi connectivity index (χ3v) is 6.57. The van der Waals surface area contributed by atoms with Gasteiger partial charge in [0.1, 0.15) is 0 Å². The van der Waals surface area contributed by atoms with Crippen molar-refractivity contribution in [3.63, 3.8) is 0 Å². The van der Waals surface area contributed by atoms with Gasteiger partial charge in [-0.05, 0) is 57.8 Å². The average molecular weight is 358 g/mol. The number of carbonyl (C=O) groups is 2. The summed E-state index contributed by atoms with van der Waals surface area (Å²) in [5.41, 5.74) is -0.249. The molecule has 3 rings (SSSR count). The Morgan fingerprint density at radius 1 is 1.08 bits per heavy atom. The van der Waals surface area contributed by atoms with E-state index in [1.165, 1.54) is 0 Å². The van der Waals surface area contributed by atoms with E-state index in [1.54, 1.807) is 0 Å². The molecule has 5 heteroatoms. The van der Waals surface area contributed by atoms with Crippen LogP contribution in [0.1, 0.15) is 44.6 Å². The number of carboxylic acid groups (broad SMARTS) is 1. The zero-order valence-electron chi connectivity index (χ0n) is 15.9. The Balaban J connectivity index is 1.92. The predicted octanol–water partition coefficient (Wildman–Crippen LogP) is 2.75. The molecule has 1 atom stereocenters. The van der Waals surface area contributed by atoms with E-state index in [9.17, 15) is 14.7 Å². The van der Waals surface area contributed by atoms with Crippen LogP contribution in [-0.2, 0) is 15.0 Å². The minimum Gasteiger partial charge on any atom is -0.481 e. The van der Waals surface area contributed by atoms with E-state index in [0.717, 1.165) is 37.9 Å². The Morgan fingerprint density at radius 2 is 1.73 bits per heavy atom. The smallest absolute Gasteiger partial charge is 0.311 e. The van der Waals surface area contributed by atoms with E-state index in [0.29, 0.717) is 25.9 Å². The summed E-state index contributed by atoms with van der Waals surface area (Å²) in [5, 5.41) is 9.77. The molecular weight excluding hydrogens is 328 g/mol. The molecule has 2 fully saturated rings. The lowest BCUT2D eigenvalue weighted by molar-refractivity contribution is -0.157. The average Bonchev–Trinajstić information content (AvgIpc) is 2.69. The predicted molar refractivity (Wildman–Crippen MR) is 101 cm³/mol. The first-order valence-corrected chi connectivity index (χ1v) is 9.70. The van der Waals surface area contributed by atoms with Gasteiger partial charge in [0.05, 0.1) is 10.8 Å². The first kappa shape index (κ1) is 18.9. The van der Waals surface area contributed by atoms with Crippen LogP contribution in [-0.4, -0.2) is 60.0 Å². The molecule has 2 aliphatic rings. The Bertz CT molecular complexity index is 652. The van der Waals surface area contributed by atoms with Crippen LogP contribution in [0.25, 0.3) is 0 Å². The SMILES string of the molecule is CCC1(C(=O)O)CCCN(C(=O)C2(c3ccccc3)CCN(C)CC2)C1. The molecule has 0 saturated carbocycles. The Labute approximate surface area is 156 Å². The molecule has 1 amide bonds. The normalized spacial score (nSPS) is 26.5. The molecule has 1 aromatic carbocycles. The van der Waals surface area contributed by atoms with Crippen LogP contribution >= 0.6 is 0 Å². The molecule has 0 bridgehead atoms. The molecule has 1 unspecified atom stereocenters. The Morgan fingerprint density at radius 3 is 2.31 bits per heavy atom. The van der Waals surface area contributed by atoms with Crippen molar-refractivity contribution in [2.24, 2.45) is 5.41 Å². The molecule has 0 radical (unpaired) electrons. The highest BCUT2D eigenvalue weighted by molar-refractivity contribution is 5.89. The van der Waals surface area contributed by atoms with Gasteiger partial charge in [-0.3, -0.25) is 9.59 Å². The van der Waals surface area contributed by atoms with Crippen molar-refractivity contribution in [2.45, 2.75) is 44.4 Å². The van der Waals surface area contributed by atoms with Gasteiger partial charge in [0.15, 0.2) is 0 Å². The fraction of sp³-hybridized carbons (Fsp3) is 0.619. The first-order valence-electron chi connectivity index (χ1n) is 9.70. The highest BCUT2D eigenvalue weighted by Gasteiger charge is 2.48. The lowest BCUT2D eigenvalue weighted by Crippen LogP contribution is -2.57. The summed E-state index contributed by atoms with van der Waals surface area (Å²) >= 11 is 0. The van der Waals surface area contributed by atoms with Crippen LogP contribution in [0, 0.1) is 5.41 Å². The summed E-state index contributed by atoms with van der Waals surface area (Å²) in [6, 6.07) is 10.1. The van der Waals surface area contributed by atoms with Crippen LogP contribution in [0.2, 0.25) is 0 Å². The summed E-state index contributed by atoms with van der Waals surface area (Å²) in [6.07, 6.45) is 3.55. The number of nitrogens with zero attached hydrogens (tertiary/aromatic N) is 2. The number of rotatable bonds is 4. The van der Waals surface area contributed by atoms with Gasteiger partial charge in [-0.2, -0.15) is 0 Å². The van der Waals surface area contributed by atoms with Crippen molar-refractivity contribution in [1.82, 2.24) is 9.80 Å². The minimum absolute atomic E-state index is 0.121. The van der Waals surface area contributed by atoms with Gasteiger partial charge >= 0.3 is 5.97 Å². The number of carboxylic acids is 1. The standard InChI is InChI=1S/C21H30N2O3/c1-3-20(19(25)26)10-7-13-23(16-20)18(24)21(11-14-22(2)15-12-21)17-8-5-4-6-9-17/h4-6,8-9H,3,7,10-16H2,1-2H3,(H,25,26). The molecule has 142 valence electrons. The molecule has 0 aliphatic carbocycles. The highest BCUT2D eigenvalue weighted by atomic mass is 16.4. The van der Waals surface area contributed by atoms with Crippen molar-refractivity contribution in [3.05, 3.63) is 35.9 Å². The molecule has 2 saturated heterocycles. The van der Waals surface area contributed by atoms with Crippen molar-refractivity contribution < 1.29 is 14.7 Å². The number of likely N-dealkylation sites (tertiary alicyclic amines) is 2. The monoisotopic (exact) mass is 358 g/mol. The van der Waals surface area contributed by atoms with Crippen molar-refractivity contribution in [2.75, 3.05) is 33.2 Å². The van der Waals surface area contributed by atoms with Gasteiger partial charge < -0.3 is 14.9 Å². The second-order valence-electron chi connectivity index (χ2n) is 8.02. The third kappa shape index (κ3) is 3.25. The van der Waals surface area contributed by atoms with Gasteiger partial charge in [-0.25, -0.2) is 0 Å². The lowest BCUT2D eigenvalue weighted by atomic mass is 9.70. The maximum Gasteiger partial charge on any atom is 0.311 e. The number of aliphatic carboxylic acids is 1. The first-order chi connectivity index (χ1) is 12.4. The zero-order valence-corrected chi connectivity index (χ0v) is 15.9. The summed E-state index contributed by atoms with van der Waals surface area (Å²) < 4.78 is 0. The van der Waals surface area contributed by atoms with Crippen LogP contribution in [0.3, 0.4) is 0 Å². The number of amides is 1. The van der Waals surface area contributed by atoms with E-state index in [-0.39, 0.29) is 5.91 Å². The Kier molecular flexibility index (Phi) is 5.37. The van der Waals surface area contributed by atoms with Gasteiger partial charge in [0, 0.05) is 13.1 Å². The summed E-state index contributed by atoms with van der Waals surface area (Å²) in [4.78, 5) is 29.7. The van der Waals surface area contributed by atoms with Gasteiger partial charge in [0.2, 0.25) is 5.91 Å². The van der Waals surface area contributed by atoms with Gasteiger partial charge in [0.25, 0.3) is 0 Å². The molecule has 0 aromatic heterocycles. The minimum atomic E-state index is -0.794. The van der Waals surface area contributed by atoms with Crippen molar-refractivity contribution >= 4 is 11.9 Å². The van der Waals surface area contributed by atoms with Crippen molar-refractivity contribution in [1.29, 1.82) is 0 Å². The second-order valence-corrected chi connectivity index (χ2v) is 8.02. The molecular formula is C21H30N2O3. The van der Waals surface area contributed by atoms with E-state index >= 15 is 0 Å². The number of benzene rings is 1. The van der Waals surface area contributed by atoms with Gasteiger partial charge in [-0.15, -0.1) is 0 Å². The van der Waals surface area contributed by atoms with Crippen LogP contribution in [0.5, 0.6) is 0 Å². The maximum absolute atomic E-state index is 13.7. The number of hydrogen-bond acceptors (Lipinski definition) is 3. The molecule has 0 spiro atoms. The molecule has 1 N–H and O–H groups in total. The van der Waals surface area contributed by atoms with Crippen LogP contribution < -0.4 is 0 Å². The van der Waals surface area contributed by atoms with Crippen LogP contribution in [0.15, 0.2) is 30.3 Å². The lowest BCUT2D eigenvalue weighted by Gasteiger charge is -2.46. The third-order valence-electron chi connectivity index (χ3n) is 6.57. The highest BCUT2D eigenvalue weighted by Crippen LogP contribution is 2.40. The van der Waals surface area contributed by atoms with E-state index in [1.807, 2.05) is 30.0 Å². The molecule has 5 nitrogen and oxygen atoms in total. The van der Waals surface area contributed by atoms with Crippen LogP contribution in [0.4, 0.5) is 0 Å². The fourth-order valence-electron chi connectivity index (χ4n) is 4.61. The van der Waals surface area contributed by atoms with Gasteiger partial charge in [-0.1, -0.05) is 37.3 Å². The maximum atomic E-state index is 13.7. The zero-order chi connectivity index (χ0) is 18.8. The quantitative estimate of drug-likeness (QED) is 0.899. The topological polar surface area (TPSA) is 60.9 Å². The fourth-order valence-corrected chi connectivity index (χ4v) is 4.61. The number of carbonyl (C=O) groups excluding carboxylic acids is 1. The number of piperidine rings is 2.